The summed E-state index contributed by atoms with van der Waals surface area (Å²) >= 11 is 1.64. The van der Waals surface area contributed by atoms with Crippen LogP contribution in [0.3, 0.4) is 0 Å². The van der Waals surface area contributed by atoms with Crippen LogP contribution in [0.1, 0.15) is 5.56 Å². The van der Waals surface area contributed by atoms with Crippen LogP contribution in [0.2, 0.25) is 0 Å². The van der Waals surface area contributed by atoms with E-state index in [1.54, 1.807) is 18.1 Å². The van der Waals surface area contributed by atoms with Crippen LogP contribution in [0.25, 0.3) is 11.2 Å². The molecular formula is C13H13N5S. The molecule has 0 aliphatic heterocycles. The molecule has 0 spiro atoms. The highest BCUT2D eigenvalue weighted by atomic mass is 32.2. The Labute approximate surface area is 114 Å². The predicted octanol–water partition coefficient (Wildman–Crippen LogP) is 2.24. The first-order valence-electron chi connectivity index (χ1n) is 5.85. The second-order valence-corrected chi connectivity index (χ2v) is 5.15. The van der Waals surface area contributed by atoms with Gasteiger partial charge < -0.3 is 10.3 Å². The predicted molar refractivity (Wildman–Crippen MR) is 76.7 cm³/mol. The molecule has 96 valence electrons. The fourth-order valence-electron chi connectivity index (χ4n) is 1.86. The number of rotatable bonds is 3. The van der Waals surface area contributed by atoms with Gasteiger partial charge in [-0.3, -0.25) is 0 Å². The van der Waals surface area contributed by atoms with E-state index in [1.807, 2.05) is 29.8 Å². The third-order valence-corrected chi connectivity index (χ3v) is 3.81. The van der Waals surface area contributed by atoms with Gasteiger partial charge in [-0.1, -0.05) is 42.1 Å². The molecule has 1 aromatic carbocycles. The molecule has 0 atom stereocenters. The van der Waals surface area contributed by atoms with Gasteiger partial charge in [-0.25, -0.2) is 9.97 Å². The first-order chi connectivity index (χ1) is 9.24. The number of imidazole rings is 1. The SMILES string of the molecule is Cn1cnc2nc(N)nc(SCc3ccccc3)c21. The minimum Gasteiger partial charge on any atom is -0.368 e. The number of aromatic nitrogens is 4. The Morgan fingerprint density at radius 3 is 2.79 bits per heavy atom. The van der Waals surface area contributed by atoms with E-state index in [0.29, 0.717) is 5.65 Å². The molecule has 0 fully saturated rings. The lowest BCUT2D eigenvalue weighted by Gasteiger charge is -2.05. The van der Waals surface area contributed by atoms with Crippen LogP contribution in [-0.4, -0.2) is 19.5 Å². The molecule has 0 bridgehead atoms. The Morgan fingerprint density at radius 1 is 1.21 bits per heavy atom. The van der Waals surface area contributed by atoms with E-state index < -0.39 is 0 Å². The molecule has 0 aliphatic carbocycles. The summed E-state index contributed by atoms with van der Waals surface area (Å²) in [4.78, 5) is 12.7. The van der Waals surface area contributed by atoms with Gasteiger partial charge in [0, 0.05) is 12.8 Å². The molecule has 0 saturated carbocycles. The molecule has 0 aliphatic rings. The van der Waals surface area contributed by atoms with Crippen LogP contribution in [0, 0.1) is 0 Å². The molecule has 3 rings (SSSR count). The maximum Gasteiger partial charge on any atom is 0.223 e. The van der Waals surface area contributed by atoms with Crippen LogP contribution in [-0.2, 0) is 12.8 Å². The molecule has 19 heavy (non-hydrogen) atoms. The normalized spacial score (nSPS) is 11.0. The number of benzene rings is 1. The molecule has 3 aromatic rings. The lowest BCUT2D eigenvalue weighted by molar-refractivity contribution is 0.926. The van der Waals surface area contributed by atoms with Crippen molar-refractivity contribution in [2.45, 2.75) is 10.8 Å². The topological polar surface area (TPSA) is 69.6 Å². The van der Waals surface area contributed by atoms with Crippen molar-refractivity contribution < 1.29 is 0 Å². The van der Waals surface area contributed by atoms with Crippen molar-refractivity contribution in [1.82, 2.24) is 19.5 Å². The zero-order valence-electron chi connectivity index (χ0n) is 10.4. The summed E-state index contributed by atoms with van der Waals surface area (Å²) in [5.41, 5.74) is 8.54. The van der Waals surface area contributed by atoms with Crippen molar-refractivity contribution in [3.63, 3.8) is 0 Å². The fourth-order valence-corrected chi connectivity index (χ4v) is 2.89. The number of nitrogens with zero attached hydrogens (tertiary/aromatic N) is 4. The molecule has 6 heteroatoms. The molecule has 0 unspecified atom stereocenters. The van der Waals surface area contributed by atoms with Crippen LogP contribution >= 0.6 is 11.8 Å². The Kier molecular flexibility index (Phi) is 3.08. The number of anilines is 1. The number of hydrogen-bond donors (Lipinski definition) is 1. The van der Waals surface area contributed by atoms with E-state index in [9.17, 15) is 0 Å². The lowest BCUT2D eigenvalue weighted by atomic mass is 10.2. The lowest BCUT2D eigenvalue weighted by Crippen LogP contribution is -1.99. The van der Waals surface area contributed by atoms with E-state index in [2.05, 4.69) is 27.1 Å². The number of fused-ring (bicyclic) bond motifs is 1. The average molecular weight is 271 g/mol. The van der Waals surface area contributed by atoms with E-state index in [1.165, 1.54) is 5.56 Å². The third kappa shape index (κ3) is 2.39. The zero-order chi connectivity index (χ0) is 13.2. The van der Waals surface area contributed by atoms with Crippen LogP contribution in [0.4, 0.5) is 5.95 Å². The summed E-state index contributed by atoms with van der Waals surface area (Å²) in [5.74, 6) is 1.11. The Hall–Kier alpha value is -2.08. The second kappa shape index (κ2) is 4.89. The molecule has 2 heterocycles. The number of thioether (sulfide) groups is 1. The van der Waals surface area contributed by atoms with Gasteiger partial charge in [-0.05, 0) is 5.56 Å². The van der Waals surface area contributed by atoms with Gasteiger partial charge in [0.25, 0.3) is 0 Å². The highest BCUT2D eigenvalue weighted by Crippen LogP contribution is 2.27. The number of nitrogen functional groups attached to an aromatic ring is 1. The number of nitrogens with two attached hydrogens (primary N) is 1. The smallest absolute Gasteiger partial charge is 0.223 e. The average Bonchev–Trinajstić information content (AvgIpc) is 2.79. The van der Waals surface area contributed by atoms with Crippen molar-refractivity contribution in [1.29, 1.82) is 0 Å². The van der Waals surface area contributed by atoms with Gasteiger partial charge in [-0.15, -0.1) is 0 Å². The van der Waals surface area contributed by atoms with Crippen LogP contribution < -0.4 is 5.73 Å². The van der Waals surface area contributed by atoms with Gasteiger partial charge >= 0.3 is 0 Å². The van der Waals surface area contributed by atoms with E-state index in [4.69, 9.17) is 5.73 Å². The Bertz CT molecular complexity index is 708. The number of aryl methyl sites for hydroxylation is 1. The quantitative estimate of drug-likeness (QED) is 0.584. The van der Waals surface area contributed by atoms with Crippen molar-refractivity contribution in [3.05, 3.63) is 42.2 Å². The third-order valence-electron chi connectivity index (χ3n) is 2.78. The van der Waals surface area contributed by atoms with Gasteiger partial charge in [0.1, 0.15) is 10.5 Å². The van der Waals surface area contributed by atoms with E-state index in [-0.39, 0.29) is 5.95 Å². The summed E-state index contributed by atoms with van der Waals surface area (Å²) in [7, 11) is 1.93. The minimum absolute atomic E-state index is 0.266. The van der Waals surface area contributed by atoms with Crippen molar-refractivity contribution in [2.24, 2.45) is 7.05 Å². The molecule has 2 aromatic heterocycles. The van der Waals surface area contributed by atoms with Crippen molar-refractivity contribution in [3.8, 4) is 0 Å². The maximum atomic E-state index is 5.72. The fraction of sp³-hybridized carbons (Fsp3) is 0.154. The summed E-state index contributed by atoms with van der Waals surface area (Å²) < 4.78 is 1.92. The molecule has 0 saturated heterocycles. The summed E-state index contributed by atoms with van der Waals surface area (Å²) in [5, 5.41) is 0.867. The summed E-state index contributed by atoms with van der Waals surface area (Å²) in [6.07, 6.45) is 1.73. The van der Waals surface area contributed by atoms with Crippen molar-refractivity contribution in [2.75, 3.05) is 5.73 Å². The molecule has 0 amide bonds. The Balaban J connectivity index is 1.94. The maximum absolute atomic E-state index is 5.72. The summed E-state index contributed by atoms with van der Waals surface area (Å²) in [6.45, 7) is 0. The van der Waals surface area contributed by atoms with Gasteiger partial charge in [-0.2, -0.15) is 4.98 Å². The minimum atomic E-state index is 0.266. The number of hydrogen-bond acceptors (Lipinski definition) is 5. The Morgan fingerprint density at radius 2 is 2.00 bits per heavy atom. The highest BCUT2D eigenvalue weighted by Gasteiger charge is 2.11. The molecule has 5 nitrogen and oxygen atoms in total. The highest BCUT2D eigenvalue weighted by molar-refractivity contribution is 7.98. The first-order valence-corrected chi connectivity index (χ1v) is 6.84. The zero-order valence-corrected chi connectivity index (χ0v) is 11.3. The second-order valence-electron chi connectivity index (χ2n) is 4.19. The van der Waals surface area contributed by atoms with Gasteiger partial charge in [0.05, 0.1) is 6.33 Å². The van der Waals surface area contributed by atoms with Crippen LogP contribution in [0.15, 0.2) is 41.7 Å². The van der Waals surface area contributed by atoms with Crippen molar-refractivity contribution >= 4 is 28.9 Å². The first kappa shape index (κ1) is 12.0. The molecular weight excluding hydrogens is 258 g/mol. The largest absolute Gasteiger partial charge is 0.368 e. The summed E-state index contributed by atoms with van der Waals surface area (Å²) in [6, 6.07) is 10.3. The van der Waals surface area contributed by atoms with E-state index in [0.717, 1.165) is 16.3 Å². The van der Waals surface area contributed by atoms with Gasteiger partial charge in [0.15, 0.2) is 5.65 Å². The monoisotopic (exact) mass is 271 g/mol. The molecule has 2 N–H and O–H groups in total. The van der Waals surface area contributed by atoms with E-state index >= 15 is 0 Å². The standard InChI is InChI=1S/C13H13N5S/c1-18-8-15-11-10(18)12(17-13(14)16-11)19-7-9-5-3-2-4-6-9/h2-6,8H,7H2,1H3,(H2,14,16,17). The van der Waals surface area contributed by atoms with Crippen LogP contribution in [0.5, 0.6) is 0 Å². The molecule has 0 radical (unpaired) electrons. The van der Waals surface area contributed by atoms with Gasteiger partial charge in [0.2, 0.25) is 5.95 Å².